The Morgan fingerprint density at radius 3 is 2.75 bits per heavy atom. The maximum atomic E-state index is 13.1. The fourth-order valence-electron chi connectivity index (χ4n) is 4.63. The van der Waals surface area contributed by atoms with Gasteiger partial charge in [-0.2, -0.15) is 0 Å². The summed E-state index contributed by atoms with van der Waals surface area (Å²) in [7, 11) is 0. The van der Waals surface area contributed by atoms with Crippen LogP contribution in [0.5, 0.6) is 0 Å². The monoisotopic (exact) mass is 330 g/mol. The molecule has 0 unspecified atom stereocenters. The summed E-state index contributed by atoms with van der Waals surface area (Å²) in [5.74, 6) is 0.903. The number of pyridine rings is 1. The summed E-state index contributed by atoms with van der Waals surface area (Å²) >= 11 is 0. The number of anilines is 1. The molecular formula is C19H28N3O2+. The fraction of sp³-hybridized carbons (Fsp3) is 0.684. The molecule has 0 aromatic carbocycles. The first-order chi connectivity index (χ1) is 11.8. The number of nitrogens with zero attached hydrogens (tertiary/aromatic N) is 2. The van der Waals surface area contributed by atoms with Crippen molar-refractivity contribution >= 4 is 11.6 Å². The Balaban J connectivity index is 1.53. The van der Waals surface area contributed by atoms with Crippen LogP contribution in [0.1, 0.15) is 49.0 Å². The van der Waals surface area contributed by atoms with Crippen LogP contribution in [0.15, 0.2) is 18.3 Å². The number of carbonyl (C=O) groups excluding carboxylic acids is 1. The molecule has 1 aliphatic carbocycles. The van der Waals surface area contributed by atoms with Crippen molar-refractivity contribution in [3.63, 3.8) is 0 Å². The van der Waals surface area contributed by atoms with Crippen LogP contribution in [0, 0.1) is 5.92 Å². The molecule has 0 radical (unpaired) electrons. The largest absolute Gasteiger partial charge is 0.378 e. The molecule has 2 aliphatic heterocycles. The van der Waals surface area contributed by atoms with Gasteiger partial charge in [0.1, 0.15) is 0 Å². The van der Waals surface area contributed by atoms with Gasteiger partial charge in [0.25, 0.3) is 5.69 Å². The molecule has 4 rings (SSSR count). The van der Waals surface area contributed by atoms with Crippen LogP contribution >= 0.6 is 0 Å². The molecule has 1 amide bonds. The summed E-state index contributed by atoms with van der Waals surface area (Å²) in [4.78, 5) is 20.8. The molecule has 1 aromatic rings. The maximum absolute atomic E-state index is 13.1. The number of hydrogen-bond acceptors (Lipinski definition) is 3. The summed E-state index contributed by atoms with van der Waals surface area (Å²) in [5, 5.41) is 0. The van der Waals surface area contributed by atoms with Gasteiger partial charge >= 0.3 is 5.91 Å². The van der Waals surface area contributed by atoms with Gasteiger partial charge in [-0.1, -0.05) is 12.8 Å². The van der Waals surface area contributed by atoms with Crippen molar-refractivity contribution in [1.82, 2.24) is 4.90 Å². The Morgan fingerprint density at radius 2 is 1.88 bits per heavy atom. The molecule has 2 atom stereocenters. The number of carbonyl (C=O) groups is 1. The third-order valence-electron chi connectivity index (χ3n) is 5.90. The second-order valence-corrected chi connectivity index (χ2v) is 7.31. The molecular weight excluding hydrogens is 302 g/mol. The fourth-order valence-corrected chi connectivity index (χ4v) is 4.63. The molecule has 5 heteroatoms. The molecule has 130 valence electrons. The highest BCUT2D eigenvalue weighted by atomic mass is 16.5. The number of aromatic nitrogens is 1. The number of hydrogen-bond donors (Lipinski definition) is 0. The van der Waals surface area contributed by atoms with E-state index in [0.717, 1.165) is 56.6 Å². The Hall–Kier alpha value is -1.62. The zero-order valence-electron chi connectivity index (χ0n) is 14.4. The number of aromatic amines is 1. The maximum Gasteiger partial charge on any atom is 0.318 e. The molecule has 0 spiro atoms. The van der Waals surface area contributed by atoms with E-state index in [9.17, 15) is 4.79 Å². The Morgan fingerprint density at radius 1 is 1.08 bits per heavy atom. The van der Waals surface area contributed by atoms with Gasteiger partial charge in [-0.3, -0.25) is 4.79 Å². The highest BCUT2D eigenvalue weighted by Crippen LogP contribution is 2.35. The second kappa shape index (κ2) is 7.09. The number of amides is 1. The number of ether oxygens (including phenoxy) is 1. The van der Waals surface area contributed by atoms with Gasteiger partial charge < -0.3 is 14.5 Å². The molecule has 3 aliphatic rings. The van der Waals surface area contributed by atoms with Gasteiger partial charge in [-0.25, -0.2) is 4.98 Å². The molecule has 5 nitrogen and oxygen atoms in total. The van der Waals surface area contributed by atoms with E-state index in [1.165, 1.54) is 32.1 Å². The second-order valence-electron chi connectivity index (χ2n) is 7.31. The zero-order chi connectivity index (χ0) is 16.4. The van der Waals surface area contributed by atoms with Crippen LogP contribution in [0.4, 0.5) is 5.69 Å². The van der Waals surface area contributed by atoms with Crippen molar-refractivity contribution in [2.24, 2.45) is 5.92 Å². The summed E-state index contributed by atoms with van der Waals surface area (Å²) in [6, 6.07) is 4.54. The molecule has 1 N–H and O–H groups in total. The molecule has 24 heavy (non-hydrogen) atoms. The summed E-state index contributed by atoms with van der Waals surface area (Å²) < 4.78 is 5.43. The Labute approximate surface area is 144 Å². The minimum absolute atomic E-state index is 0.182. The van der Waals surface area contributed by atoms with Crippen LogP contribution in [-0.2, 0) is 4.74 Å². The van der Waals surface area contributed by atoms with Crippen LogP contribution in [0.2, 0.25) is 0 Å². The van der Waals surface area contributed by atoms with Gasteiger partial charge in [0.2, 0.25) is 0 Å². The van der Waals surface area contributed by atoms with Crippen molar-refractivity contribution < 1.29 is 14.5 Å². The van der Waals surface area contributed by atoms with Crippen molar-refractivity contribution in [3.05, 3.63) is 24.0 Å². The van der Waals surface area contributed by atoms with Crippen molar-refractivity contribution in [2.75, 3.05) is 37.7 Å². The number of nitrogens with one attached hydrogen (secondary N) is 1. The SMILES string of the molecule is O=C(c1cc(N2CCOCC2)cc[nH+]1)N1CCC[C@@H]2CCCC[C@@H]21. The van der Waals surface area contributed by atoms with Crippen LogP contribution in [0.3, 0.4) is 0 Å². The lowest BCUT2D eigenvalue weighted by Gasteiger charge is -2.43. The lowest BCUT2D eigenvalue weighted by atomic mass is 9.78. The predicted molar refractivity (Wildman–Crippen MR) is 92.0 cm³/mol. The minimum atomic E-state index is 0.182. The average Bonchev–Trinajstić information content (AvgIpc) is 2.68. The number of piperidine rings is 1. The van der Waals surface area contributed by atoms with E-state index in [1.807, 2.05) is 12.3 Å². The molecule has 1 aromatic heterocycles. The van der Waals surface area contributed by atoms with E-state index in [0.29, 0.717) is 6.04 Å². The average molecular weight is 330 g/mol. The Bertz CT molecular complexity index is 584. The number of rotatable bonds is 2. The first-order valence-electron chi connectivity index (χ1n) is 9.48. The van der Waals surface area contributed by atoms with Gasteiger partial charge in [0.05, 0.1) is 13.2 Å². The van der Waals surface area contributed by atoms with Gasteiger partial charge in [-0.15, -0.1) is 0 Å². The number of fused-ring (bicyclic) bond motifs is 1. The highest BCUT2D eigenvalue weighted by molar-refractivity contribution is 5.92. The summed E-state index contributed by atoms with van der Waals surface area (Å²) in [5.41, 5.74) is 1.85. The van der Waals surface area contributed by atoms with Gasteiger partial charge in [-0.05, 0) is 31.6 Å². The van der Waals surface area contributed by atoms with E-state index >= 15 is 0 Å². The molecule has 1 saturated carbocycles. The Kier molecular flexibility index (Phi) is 4.69. The first-order valence-corrected chi connectivity index (χ1v) is 9.48. The van der Waals surface area contributed by atoms with Crippen LogP contribution in [0.25, 0.3) is 0 Å². The van der Waals surface area contributed by atoms with Gasteiger partial charge in [0, 0.05) is 43.5 Å². The topological polar surface area (TPSA) is 46.9 Å². The van der Waals surface area contributed by atoms with Crippen LogP contribution < -0.4 is 9.88 Å². The summed E-state index contributed by atoms with van der Waals surface area (Å²) in [6.45, 7) is 4.23. The van der Waals surface area contributed by atoms with Crippen molar-refractivity contribution in [3.8, 4) is 0 Å². The lowest BCUT2D eigenvalue weighted by Crippen LogP contribution is -2.50. The van der Waals surface area contributed by atoms with Gasteiger partial charge in [0.15, 0.2) is 6.20 Å². The van der Waals surface area contributed by atoms with E-state index in [2.05, 4.69) is 20.9 Å². The van der Waals surface area contributed by atoms with E-state index in [1.54, 1.807) is 0 Å². The third-order valence-corrected chi connectivity index (χ3v) is 5.90. The predicted octanol–water partition coefficient (Wildman–Crippen LogP) is 2.13. The summed E-state index contributed by atoms with van der Waals surface area (Å²) in [6.07, 6.45) is 9.43. The lowest BCUT2D eigenvalue weighted by molar-refractivity contribution is -0.382. The van der Waals surface area contributed by atoms with Crippen molar-refractivity contribution in [2.45, 2.75) is 44.6 Å². The number of H-pyrrole nitrogens is 1. The number of morpholine rings is 1. The van der Waals surface area contributed by atoms with E-state index in [-0.39, 0.29) is 5.91 Å². The molecule has 3 heterocycles. The van der Waals surface area contributed by atoms with Crippen molar-refractivity contribution in [1.29, 1.82) is 0 Å². The van der Waals surface area contributed by atoms with Crippen LogP contribution in [-0.4, -0.2) is 49.7 Å². The smallest absolute Gasteiger partial charge is 0.318 e. The zero-order valence-corrected chi connectivity index (χ0v) is 14.4. The molecule has 0 bridgehead atoms. The minimum Gasteiger partial charge on any atom is -0.378 e. The normalized spacial score (nSPS) is 27.7. The molecule has 2 saturated heterocycles. The number of likely N-dealkylation sites (tertiary alicyclic amines) is 1. The molecule has 3 fully saturated rings. The van der Waals surface area contributed by atoms with E-state index in [4.69, 9.17) is 4.74 Å². The first kappa shape index (κ1) is 15.9. The quantitative estimate of drug-likeness (QED) is 0.834. The van der Waals surface area contributed by atoms with E-state index < -0.39 is 0 Å². The third kappa shape index (κ3) is 3.14. The standard InChI is InChI=1S/C19H27N3O2/c23-19(22-9-3-5-15-4-1-2-6-18(15)22)17-14-16(7-8-20-17)21-10-12-24-13-11-21/h7-8,14-15,18H,1-6,9-13H2/p+1/t15-,18-/m0/s1. The highest BCUT2D eigenvalue weighted by Gasteiger charge is 2.37.